The molecule has 0 spiro atoms. The van der Waals surface area contributed by atoms with Gasteiger partial charge in [0.1, 0.15) is 5.69 Å². The zero-order valence-electron chi connectivity index (χ0n) is 12.2. The molecular weight excluding hydrogens is 274 g/mol. The molecule has 0 aromatic carbocycles. The minimum atomic E-state index is 0.127. The molecule has 1 aromatic heterocycles. The summed E-state index contributed by atoms with van der Waals surface area (Å²) < 4.78 is 2.07. The van der Waals surface area contributed by atoms with Crippen LogP contribution in [0.1, 0.15) is 49.1 Å². The van der Waals surface area contributed by atoms with E-state index >= 15 is 0 Å². The molecule has 1 amide bonds. The average Bonchev–Trinajstić information content (AvgIpc) is 3.22. The summed E-state index contributed by atoms with van der Waals surface area (Å²) >= 11 is 6.09. The number of halogens is 1. The fourth-order valence-electron chi connectivity index (χ4n) is 2.89. The van der Waals surface area contributed by atoms with Gasteiger partial charge in [-0.2, -0.15) is 0 Å². The molecule has 1 aromatic rings. The molecule has 110 valence electrons. The number of likely N-dealkylation sites (tertiary alicyclic amines) is 1. The predicted octanol–water partition coefficient (Wildman–Crippen LogP) is 2.69. The first kappa shape index (κ1) is 14.0. The van der Waals surface area contributed by atoms with E-state index in [1.807, 2.05) is 24.2 Å². The molecule has 0 radical (unpaired) electrons. The smallest absolute Gasteiger partial charge is 0.270 e. The summed E-state index contributed by atoms with van der Waals surface area (Å²) in [5, 5.41) is 4.02. The van der Waals surface area contributed by atoms with Crippen molar-refractivity contribution in [1.82, 2.24) is 14.8 Å². The summed E-state index contributed by atoms with van der Waals surface area (Å²) in [7, 11) is 2.00. The molecule has 0 atom stereocenters. The molecule has 3 rings (SSSR count). The van der Waals surface area contributed by atoms with Crippen LogP contribution in [0, 0.1) is 0 Å². The van der Waals surface area contributed by atoms with Crippen molar-refractivity contribution in [3.05, 3.63) is 23.0 Å². The van der Waals surface area contributed by atoms with Crippen LogP contribution in [0.25, 0.3) is 0 Å². The van der Waals surface area contributed by atoms with Crippen molar-refractivity contribution in [1.29, 1.82) is 0 Å². The van der Waals surface area contributed by atoms with Crippen LogP contribution < -0.4 is 5.32 Å². The number of carbonyl (C=O) groups is 1. The number of amides is 1. The van der Waals surface area contributed by atoms with Crippen LogP contribution in [0.3, 0.4) is 0 Å². The van der Waals surface area contributed by atoms with Crippen LogP contribution in [0.4, 0.5) is 0 Å². The largest absolute Gasteiger partial charge is 0.339 e. The number of nitrogens with zero attached hydrogens (tertiary/aromatic N) is 2. The maximum Gasteiger partial charge on any atom is 0.270 e. The third-order valence-electron chi connectivity index (χ3n) is 4.73. The molecule has 0 bridgehead atoms. The molecule has 4 nitrogen and oxygen atoms in total. The highest BCUT2D eigenvalue weighted by atomic mass is 35.5. The Morgan fingerprint density at radius 1 is 1.40 bits per heavy atom. The molecule has 5 heteroatoms. The SMILES string of the molecule is CNC1(C)CCN(C(=O)c2cc(Cl)cn2C2CC2)CC1. The van der Waals surface area contributed by atoms with E-state index in [0.29, 0.717) is 11.1 Å². The lowest BCUT2D eigenvalue weighted by molar-refractivity contribution is 0.0651. The van der Waals surface area contributed by atoms with E-state index < -0.39 is 0 Å². The lowest BCUT2D eigenvalue weighted by Crippen LogP contribution is -2.51. The Morgan fingerprint density at radius 3 is 2.60 bits per heavy atom. The van der Waals surface area contributed by atoms with Gasteiger partial charge in [-0.25, -0.2) is 0 Å². The average molecular weight is 296 g/mol. The molecule has 1 aliphatic carbocycles. The van der Waals surface area contributed by atoms with Crippen LogP contribution in [0.2, 0.25) is 5.02 Å². The molecule has 2 aliphatic rings. The van der Waals surface area contributed by atoms with Gasteiger partial charge < -0.3 is 14.8 Å². The van der Waals surface area contributed by atoms with Gasteiger partial charge in [0.2, 0.25) is 0 Å². The maximum atomic E-state index is 12.7. The lowest BCUT2D eigenvalue weighted by atomic mass is 9.90. The van der Waals surface area contributed by atoms with Gasteiger partial charge in [-0.3, -0.25) is 4.79 Å². The topological polar surface area (TPSA) is 37.3 Å². The highest BCUT2D eigenvalue weighted by molar-refractivity contribution is 6.31. The van der Waals surface area contributed by atoms with Gasteiger partial charge in [0.25, 0.3) is 5.91 Å². The van der Waals surface area contributed by atoms with Crippen molar-refractivity contribution in [2.45, 2.75) is 44.2 Å². The first-order valence-corrected chi connectivity index (χ1v) is 7.76. The molecule has 1 saturated heterocycles. The molecule has 0 unspecified atom stereocenters. The highest BCUT2D eigenvalue weighted by Crippen LogP contribution is 2.38. The van der Waals surface area contributed by atoms with E-state index in [1.54, 1.807) is 0 Å². The summed E-state index contributed by atoms with van der Waals surface area (Å²) in [4.78, 5) is 14.7. The summed E-state index contributed by atoms with van der Waals surface area (Å²) in [5.74, 6) is 0.127. The Kier molecular flexibility index (Phi) is 3.55. The van der Waals surface area contributed by atoms with E-state index in [0.717, 1.165) is 44.5 Å². The van der Waals surface area contributed by atoms with Gasteiger partial charge in [0.05, 0.1) is 5.02 Å². The van der Waals surface area contributed by atoms with Crippen molar-refractivity contribution in [2.24, 2.45) is 0 Å². The van der Waals surface area contributed by atoms with E-state index in [1.165, 1.54) is 0 Å². The number of rotatable bonds is 3. The maximum absolute atomic E-state index is 12.7. The fourth-order valence-corrected chi connectivity index (χ4v) is 3.10. The van der Waals surface area contributed by atoms with Crippen molar-refractivity contribution < 1.29 is 4.79 Å². The predicted molar refractivity (Wildman–Crippen MR) is 80.3 cm³/mol. The summed E-state index contributed by atoms with van der Waals surface area (Å²) in [6.07, 6.45) is 6.20. The summed E-state index contributed by atoms with van der Waals surface area (Å²) in [6, 6.07) is 2.29. The number of carbonyl (C=O) groups excluding carboxylic acids is 1. The first-order chi connectivity index (χ1) is 9.52. The molecule has 20 heavy (non-hydrogen) atoms. The number of hydrogen-bond acceptors (Lipinski definition) is 2. The molecular formula is C15H22ClN3O. The van der Waals surface area contributed by atoms with Gasteiger partial charge >= 0.3 is 0 Å². The van der Waals surface area contributed by atoms with Crippen molar-refractivity contribution in [2.75, 3.05) is 20.1 Å². The Labute approximate surface area is 125 Å². The van der Waals surface area contributed by atoms with E-state index in [4.69, 9.17) is 11.6 Å². The lowest BCUT2D eigenvalue weighted by Gasteiger charge is -2.39. The first-order valence-electron chi connectivity index (χ1n) is 7.38. The quantitative estimate of drug-likeness (QED) is 0.931. The molecule has 1 saturated carbocycles. The third-order valence-corrected chi connectivity index (χ3v) is 4.94. The second-order valence-corrected chi connectivity index (χ2v) is 6.72. The van der Waals surface area contributed by atoms with Crippen molar-refractivity contribution >= 4 is 17.5 Å². The van der Waals surface area contributed by atoms with Crippen molar-refractivity contribution in [3.63, 3.8) is 0 Å². The van der Waals surface area contributed by atoms with Crippen LogP contribution >= 0.6 is 11.6 Å². The fraction of sp³-hybridized carbons (Fsp3) is 0.667. The Hall–Kier alpha value is -1.00. The van der Waals surface area contributed by atoms with E-state index in [-0.39, 0.29) is 11.4 Å². The van der Waals surface area contributed by atoms with Crippen LogP contribution in [-0.4, -0.2) is 41.1 Å². The van der Waals surface area contributed by atoms with Gasteiger partial charge in [-0.05, 0) is 45.7 Å². The minimum Gasteiger partial charge on any atom is -0.339 e. The second kappa shape index (κ2) is 5.08. The summed E-state index contributed by atoms with van der Waals surface area (Å²) in [5.41, 5.74) is 0.915. The zero-order chi connectivity index (χ0) is 14.3. The number of piperidine rings is 1. The number of aromatic nitrogens is 1. The zero-order valence-corrected chi connectivity index (χ0v) is 12.9. The van der Waals surface area contributed by atoms with Crippen LogP contribution in [0.5, 0.6) is 0 Å². The molecule has 2 heterocycles. The standard InChI is InChI=1S/C15H22ClN3O/c1-15(17-2)5-7-18(8-6-15)14(20)13-9-11(16)10-19(13)12-3-4-12/h9-10,12,17H,3-8H2,1-2H3. The monoisotopic (exact) mass is 295 g/mol. The van der Waals surface area contributed by atoms with Crippen LogP contribution in [-0.2, 0) is 0 Å². The van der Waals surface area contributed by atoms with Gasteiger partial charge in [-0.1, -0.05) is 11.6 Å². The van der Waals surface area contributed by atoms with Crippen LogP contribution in [0.15, 0.2) is 12.3 Å². The molecule has 1 aliphatic heterocycles. The highest BCUT2D eigenvalue weighted by Gasteiger charge is 2.33. The van der Waals surface area contributed by atoms with Gasteiger partial charge in [0.15, 0.2) is 0 Å². The number of hydrogen-bond donors (Lipinski definition) is 1. The second-order valence-electron chi connectivity index (χ2n) is 6.28. The number of nitrogens with one attached hydrogen (secondary N) is 1. The Bertz CT molecular complexity index is 513. The Morgan fingerprint density at radius 2 is 2.05 bits per heavy atom. The molecule has 1 N–H and O–H groups in total. The minimum absolute atomic E-state index is 0.127. The Balaban J connectivity index is 1.74. The van der Waals surface area contributed by atoms with Gasteiger partial charge in [0, 0.05) is 30.9 Å². The third kappa shape index (κ3) is 2.59. The van der Waals surface area contributed by atoms with Crippen molar-refractivity contribution in [3.8, 4) is 0 Å². The molecule has 2 fully saturated rings. The normalized spacial score (nSPS) is 22.1. The van der Waals surface area contributed by atoms with Gasteiger partial charge in [-0.15, -0.1) is 0 Å². The summed E-state index contributed by atoms with van der Waals surface area (Å²) in [6.45, 7) is 3.84. The van der Waals surface area contributed by atoms with E-state index in [9.17, 15) is 4.79 Å². The van der Waals surface area contributed by atoms with E-state index in [2.05, 4.69) is 16.8 Å².